The van der Waals surface area contributed by atoms with Crippen molar-refractivity contribution in [2.45, 2.75) is 25.5 Å². The molecule has 3 heterocycles. The van der Waals surface area contributed by atoms with Gasteiger partial charge in [0.1, 0.15) is 6.23 Å². The van der Waals surface area contributed by atoms with Crippen LogP contribution in [0, 0.1) is 0 Å². The molecule has 10 heteroatoms. The molecule has 0 aliphatic carbocycles. The van der Waals surface area contributed by atoms with E-state index in [1.54, 1.807) is 17.7 Å². The van der Waals surface area contributed by atoms with E-state index < -0.39 is 6.03 Å². The summed E-state index contributed by atoms with van der Waals surface area (Å²) in [6.45, 7) is 3.95. The highest BCUT2D eigenvalue weighted by molar-refractivity contribution is 6.43. The molecule has 8 nitrogen and oxygen atoms in total. The number of aromatic nitrogens is 2. The van der Waals surface area contributed by atoms with Crippen molar-refractivity contribution in [1.82, 2.24) is 14.5 Å². The molecule has 2 N–H and O–H groups in total. The SMILES string of the molecule is COC(CCCCN(C(N)=O)c1cc2ccccn2n1)N1CCN(c2cccc(Cl)c2Cl)CC1. The van der Waals surface area contributed by atoms with E-state index in [-0.39, 0.29) is 6.23 Å². The number of nitrogens with two attached hydrogens (primary N) is 1. The van der Waals surface area contributed by atoms with Crippen LogP contribution in [0.25, 0.3) is 5.52 Å². The molecule has 4 rings (SSSR count). The van der Waals surface area contributed by atoms with Crippen LogP contribution in [-0.2, 0) is 4.74 Å². The third kappa shape index (κ3) is 5.58. The summed E-state index contributed by atoms with van der Waals surface area (Å²) in [5.74, 6) is 0.567. The van der Waals surface area contributed by atoms with E-state index in [1.807, 2.05) is 42.6 Å². The number of rotatable bonds is 9. The number of methoxy groups -OCH3 is 1. The van der Waals surface area contributed by atoms with Crippen LogP contribution >= 0.6 is 23.2 Å². The van der Waals surface area contributed by atoms with E-state index in [9.17, 15) is 4.79 Å². The second kappa shape index (κ2) is 11.3. The number of amides is 2. The third-order valence-electron chi connectivity index (χ3n) is 6.25. The Hall–Kier alpha value is -2.52. The van der Waals surface area contributed by atoms with Gasteiger partial charge in [-0.05, 0) is 43.5 Å². The summed E-state index contributed by atoms with van der Waals surface area (Å²) in [5, 5.41) is 5.64. The van der Waals surface area contributed by atoms with E-state index in [0.29, 0.717) is 22.4 Å². The molecule has 0 radical (unpaired) electrons. The Balaban J connectivity index is 1.27. The molecule has 2 amide bonds. The Labute approximate surface area is 209 Å². The van der Waals surface area contributed by atoms with Gasteiger partial charge in [0.15, 0.2) is 5.82 Å². The summed E-state index contributed by atoms with van der Waals surface area (Å²) in [5.41, 5.74) is 7.53. The van der Waals surface area contributed by atoms with Gasteiger partial charge in [0.05, 0.1) is 21.2 Å². The zero-order valence-electron chi connectivity index (χ0n) is 19.2. The molecule has 3 aromatic rings. The number of halogens is 2. The van der Waals surface area contributed by atoms with Crippen LogP contribution in [0.15, 0.2) is 48.7 Å². The lowest BCUT2D eigenvalue weighted by Gasteiger charge is -2.40. The molecule has 0 spiro atoms. The fraction of sp³-hybridized carbons (Fsp3) is 0.417. The monoisotopic (exact) mass is 504 g/mol. The van der Waals surface area contributed by atoms with E-state index in [0.717, 1.165) is 56.6 Å². The van der Waals surface area contributed by atoms with Crippen LogP contribution in [0.1, 0.15) is 19.3 Å². The number of anilines is 2. The molecular formula is C24H30Cl2N6O2. The molecule has 1 saturated heterocycles. The standard InChI is InChI=1S/C24H30Cl2N6O2/c1-34-22(30-15-13-29(14-16-30)20-9-6-8-19(25)23(20)26)10-3-4-11-31(24(27)33)21-17-18-7-2-5-12-32(18)28-21/h2,5-9,12,17,22H,3-4,10-11,13-16H2,1H3,(H2,27,33). The van der Waals surface area contributed by atoms with Crippen LogP contribution in [0.2, 0.25) is 10.0 Å². The molecule has 2 aromatic heterocycles. The van der Waals surface area contributed by atoms with E-state index in [4.69, 9.17) is 33.7 Å². The van der Waals surface area contributed by atoms with Crippen LogP contribution in [0.5, 0.6) is 0 Å². The molecule has 182 valence electrons. The number of urea groups is 1. The van der Waals surface area contributed by atoms with Gasteiger partial charge in [0.25, 0.3) is 0 Å². The summed E-state index contributed by atoms with van der Waals surface area (Å²) in [6.07, 6.45) is 4.44. The van der Waals surface area contributed by atoms with Gasteiger partial charge < -0.3 is 15.4 Å². The number of unbranched alkanes of at least 4 members (excludes halogenated alkanes) is 1. The number of benzene rings is 1. The highest BCUT2D eigenvalue weighted by atomic mass is 35.5. The fourth-order valence-corrected chi connectivity index (χ4v) is 4.84. The van der Waals surface area contributed by atoms with Crippen molar-refractivity contribution in [3.63, 3.8) is 0 Å². The van der Waals surface area contributed by atoms with E-state index in [2.05, 4.69) is 14.9 Å². The van der Waals surface area contributed by atoms with Crippen LogP contribution < -0.4 is 15.5 Å². The molecule has 1 aliphatic rings. The van der Waals surface area contributed by atoms with Crippen molar-refractivity contribution in [3.8, 4) is 0 Å². The first-order valence-electron chi connectivity index (χ1n) is 11.4. The topological polar surface area (TPSA) is 79.3 Å². The highest BCUT2D eigenvalue weighted by Gasteiger charge is 2.25. The highest BCUT2D eigenvalue weighted by Crippen LogP contribution is 2.33. The molecular weight excluding hydrogens is 475 g/mol. The molecule has 0 bridgehead atoms. The number of hydrogen-bond donors (Lipinski definition) is 1. The van der Waals surface area contributed by atoms with Crippen molar-refractivity contribution in [3.05, 3.63) is 58.7 Å². The Morgan fingerprint density at radius 3 is 2.65 bits per heavy atom. The molecule has 1 unspecified atom stereocenters. The predicted molar refractivity (Wildman–Crippen MR) is 137 cm³/mol. The fourth-order valence-electron chi connectivity index (χ4n) is 4.42. The van der Waals surface area contributed by atoms with Crippen LogP contribution in [-0.4, -0.2) is 66.6 Å². The average molecular weight is 505 g/mol. The predicted octanol–water partition coefficient (Wildman–Crippen LogP) is 4.49. The first-order valence-corrected chi connectivity index (χ1v) is 12.2. The van der Waals surface area contributed by atoms with Crippen molar-refractivity contribution >= 4 is 46.3 Å². The molecule has 0 saturated carbocycles. The van der Waals surface area contributed by atoms with Crippen molar-refractivity contribution in [2.24, 2.45) is 5.73 Å². The van der Waals surface area contributed by atoms with Crippen molar-refractivity contribution < 1.29 is 9.53 Å². The smallest absolute Gasteiger partial charge is 0.320 e. The number of fused-ring (bicyclic) bond motifs is 1. The van der Waals surface area contributed by atoms with Crippen LogP contribution in [0.4, 0.5) is 16.3 Å². The summed E-state index contributed by atoms with van der Waals surface area (Å²) in [7, 11) is 1.75. The summed E-state index contributed by atoms with van der Waals surface area (Å²) in [4.78, 5) is 18.2. The quantitative estimate of drug-likeness (QED) is 0.434. The first kappa shape index (κ1) is 24.6. The minimum absolute atomic E-state index is 0.0224. The summed E-state index contributed by atoms with van der Waals surface area (Å²) < 4.78 is 7.53. The Morgan fingerprint density at radius 2 is 1.94 bits per heavy atom. The van der Waals surface area contributed by atoms with Gasteiger partial charge in [-0.3, -0.25) is 9.80 Å². The van der Waals surface area contributed by atoms with Crippen molar-refractivity contribution in [1.29, 1.82) is 0 Å². The second-order valence-electron chi connectivity index (χ2n) is 8.34. The number of pyridine rings is 1. The lowest BCUT2D eigenvalue weighted by Crippen LogP contribution is -2.51. The lowest BCUT2D eigenvalue weighted by atomic mass is 10.1. The van der Waals surface area contributed by atoms with E-state index in [1.165, 1.54) is 4.90 Å². The minimum Gasteiger partial charge on any atom is -0.368 e. The number of nitrogens with zero attached hydrogens (tertiary/aromatic N) is 5. The number of carbonyl (C=O) groups excluding carboxylic acids is 1. The second-order valence-corrected chi connectivity index (χ2v) is 9.13. The van der Waals surface area contributed by atoms with Gasteiger partial charge in [-0.25, -0.2) is 9.31 Å². The van der Waals surface area contributed by atoms with Gasteiger partial charge >= 0.3 is 6.03 Å². The number of ether oxygens (including phenoxy) is 1. The normalized spacial score (nSPS) is 15.6. The maximum atomic E-state index is 12.0. The average Bonchev–Trinajstić information content (AvgIpc) is 3.27. The van der Waals surface area contributed by atoms with Gasteiger partial charge in [-0.2, -0.15) is 0 Å². The Kier molecular flexibility index (Phi) is 8.15. The van der Waals surface area contributed by atoms with Gasteiger partial charge in [-0.1, -0.05) is 35.3 Å². The first-order chi connectivity index (χ1) is 16.5. The summed E-state index contributed by atoms with van der Waals surface area (Å²) in [6, 6.07) is 12.9. The molecule has 1 aliphatic heterocycles. The van der Waals surface area contributed by atoms with Gasteiger partial charge in [0, 0.05) is 52.1 Å². The summed E-state index contributed by atoms with van der Waals surface area (Å²) >= 11 is 12.6. The largest absolute Gasteiger partial charge is 0.368 e. The molecule has 34 heavy (non-hydrogen) atoms. The number of hydrogen-bond acceptors (Lipinski definition) is 5. The third-order valence-corrected chi connectivity index (χ3v) is 7.06. The number of primary amides is 1. The molecule has 1 atom stereocenters. The van der Waals surface area contributed by atoms with Crippen LogP contribution in [0.3, 0.4) is 0 Å². The maximum absolute atomic E-state index is 12.0. The van der Waals surface area contributed by atoms with Gasteiger partial charge in [0.2, 0.25) is 0 Å². The number of piperazine rings is 1. The zero-order chi connectivity index (χ0) is 24.1. The Bertz CT molecular complexity index is 1080. The number of carbonyl (C=O) groups is 1. The van der Waals surface area contributed by atoms with E-state index >= 15 is 0 Å². The molecule has 1 aromatic carbocycles. The van der Waals surface area contributed by atoms with Crippen molar-refractivity contribution in [2.75, 3.05) is 49.6 Å². The Morgan fingerprint density at radius 1 is 1.15 bits per heavy atom. The maximum Gasteiger partial charge on any atom is 0.320 e. The van der Waals surface area contributed by atoms with Gasteiger partial charge in [-0.15, -0.1) is 5.10 Å². The minimum atomic E-state index is -0.498. The molecule has 1 fully saturated rings. The lowest BCUT2D eigenvalue weighted by molar-refractivity contribution is -0.0410. The zero-order valence-corrected chi connectivity index (χ0v) is 20.8.